The first kappa shape index (κ1) is 13.5. The normalized spacial score (nSPS) is 10.6. The Kier molecular flexibility index (Phi) is 3.49. The lowest BCUT2D eigenvalue weighted by Crippen LogP contribution is -1.75. The Morgan fingerprint density at radius 1 is 0.565 bits per heavy atom. The molecule has 110 valence electrons. The van der Waals surface area contributed by atoms with E-state index in [0.717, 1.165) is 11.1 Å². The van der Waals surface area contributed by atoms with E-state index in [0.29, 0.717) is 0 Å². The average Bonchev–Trinajstić information content (AvgIpc) is 3.11. The lowest BCUT2D eigenvalue weighted by molar-refractivity contribution is 0.602. The molecule has 0 saturated carbocycles. The fraction of sp³-hybridized carbons (Fsp3) is 0. The fourth-order valence-corrected chi connectivity index (χ4v) is 2.76. The predicted molar refractivity (Wildman–Crippen MR) is 95.5 cm³/mol. The molecule has 0 fully saturated rings. The van der Waals surface area contributed by atoms with E-state index < -0.39 is 0 Å². The maximum absolute atomic E-state index is 5.01. The second kappa shape index (κ2) is 5.93. The van der Waals surface area contributed by atoms with Gasteiger partial charge in [-0.25, -0.2) is 4.98 Å². The van der Waals surface area contributed by atoms with Gasteiger partial charge in [0.25, 0.3) is 0 Å². The first-order valence-electron chi connectivity index (χ1n) is 7.56. The predicted octanol–water partition coefficient (Wildman–Crippen LogP) is 5.82. The third kappa shape index (κ3) is 2.67. The Labute approximate surface area is 134 Å². The molecule has 0 spiro atoms. The Bertz CT molecular complexity index is 993. The zero-order valence-corrected chi connectivity index (χ0v) is 12.5. The van der Waals surface area contributed by atoms with Gasteiger partial charge in [0.2, 0.25) is 0 Å². The van der Waals surface area contributed by atoms with Crippen LogP contribution in [0.5, 0.6) is 0 Å². The van der Waals surface area contributed by atoms with Gasteiger partial charge in [-0.05, 0) is 33.7 Å². The van der Waals surface area contributed by atoms with Gasteiger partial charge < -0.3 is 4.42 Å². The quantitative estimate of drug-likeness (QED) is 0.336. The Hall–Kier alpha value is -3.13. The summed E-state index contributed by atoms with van der Waals surface area (Å²) >= 11 is 0. The summed E-state index contributed by atoms with van der Waals surface area (Å²) in [6.07, 6.45) is 1.45. The molecule has 2 nitrogen and oxygen atoms in total. The zero-order valence-electron chi connectivity index (χ0n) is 12.5. The molecule has 0 atom stereocenters. The molecule has 0 aliphatic rings. The number of para-hydroxylation sites is 2. The van der Waals surface area contributed by atoms with Crippen LogP contribution in [0.15, 0.2) is 95.7 Å². The molecule has 4 aromatic carbocycles. The molecule has 23 heavy (non-hydrogen) atoms. The van der Waals surface area contributed by atoms with Crippen molar-refractivity contribution in [2.75, 3.05) is 0 Å². The molecule has 0 N–H and O–H groups in total. The van der Waals surface area contributed by atoms with E-state index in [4.69, 9.17) is 4.42 Å². The van der Waals surface area contributed by atoms with Crippen LogP contribution in [-0.4, -0.2) is 4.98 Å². The van der Waals surface area contributed by atoms with Crippen LogP contribution in [0.2, 0.25) is 0 Å². The second-order valence-corrected chi connectivity index (χ2v) is 5.33. The van der Waals surface area contributed by atoms with Crippen LogP contribution in [0.25, 0.3) is 32.6 Å². The van der Waals surface area contributed by atoms with E-state index >= 15 is 0 Å². The van der Waals surface area contributed by atoms with Gasteiger partial charge in [0.15, 0.2) is 12.0 Å². The lowest BCUT2D eigenvalue weighted by atomic mass is 10.0. The van der Waals surface area contributed by atoms with Crippen molar-refractivity contribution in [1.82, 2.24) is 4.98 Å². The Morgan fingerprint density at radius 2 is 1.13 bits per heavy atom. The average molecular weight is 297 g/mol. The minimum atomic E-state index is 0.845. The molecule has 0 aliphatic carbocycles. The Morgan fingerprint density at radius 3 is 1.78 bits per heavy atom. The van der Waals surface area contributed by atoms with E-state index in [1.165, 1.54) is 27.9 Å². The zero-order chi connectivity index (χ0) is 15.5. The number of nitrogens with zero attached hydrogens (tertiary/aromatic N) is 1. The van der Waals surface area contributed by atoms with E-state index in [1.807, 2.05) is 24.3 Å². The van der Waals surface area contributed by atoms with Gasteiger partial charge in [0.1, 0.15) is 5.52 Å². The van der Waals surface area contributed by atoms with Crippen LogP contribution in [-0.2, 0) is 0 Å². The second-order valence-electron chi connectivity index (χ2n) is 5.33. The van der Waals surface area contributed by atoms with Gasteiger partial charge in [0.05, 0.1) is 0 Å². The molecule has 5 aromatic rings. The number of hydrogen-bond acceptors (Lipinski definition) is 2. The molecule has 1 heterocycles. The number of aromatic nitrogens is 1. The summed E-state index contributed by atoms with van der Waals surface area (Å²) < 4.78 is 5.01. The minimum Gasteiger partial charge on any atom is -0.443 e. The fourth-order valence-electron chi connectivity index (χ4n) is 2.76. The molecular weight excluding hydrogens is 282 g/mol. The molecule has 0 unspecified atom stereocenters. The number of hydrogen-bond donors (Lipinski definition) is 0. The van der Waals surface area contributed by atoms with Crippen molar-refractivity contribution < 1.29 is 4.42 Å². The van der Waals surface area contributed by atoms with Crippen molar-refractivity contribution in [1.29, 1.82) is 0 Å². The largest absolute Gasteiger partial charge is 0.443 e. The highest BCUT2D eigenvalue weighted by atomic mass is 16.3. The summed E-state index contributed by atoms with van der Waals surface area (Å²) in [5.41, 5.74) is 1.76. The SMILES string of the molecule is c1ccc2c(c1)ccc1ccccc12.c1ccc2ocnc2c1. The molecule has 2 heteroatoms. The Balaban J connectivity index is 0.000000130. The van der Waals surface area contributed by atoms with Crippen LogP contribution in [0.3, 0.4) is 0 Å². The van der Waals surface area contributed by atoms with E-state index in [-0.39, 0.29) is 0 Å². The van der Waals surface area contributed by atoms with Crippen LogP contribution in [0, 0.1) is 0 Å². The first-order chi connectivity index (χ1) is 11.4. The van der Waals surface area contributed by atoms with Crippen molar-refractivity contribution in [2.45, 2.75) is 0 Å². The van der Waals surface area contributed by atoms with E-state index in [1.54, 1.807) is 0 Å². The van der Waals surface area contributed by atoms with Crippen molar-refractivity contribution in [3.05, 3.63) is 91.3 Å². The highest BCUT2D eigenvalue weighted by Gasteiger charge is 1.97. The summed E-state index contributed by atoms with van der Waals surface area (Å²) in [7, 11) is 0. The molecule has 0 amide bonds. The molecular formula is C21H15NO. The van der Waals surface area contributed by atoms with Crippen LogP contribution in [0.1, 0.15) is 0 Å². The first-order valence-corrected chi connectivity index (χ1v) is 7.56. The molecule has 1 aromatic heterocycles. The van der Waals surface area contributed by atoms with Crippen LogP contribution >= 0.6 is 0 Å². The van der Waals surface area contributed by atoms with Gasteiger partial charge >= 0.3 is 0 Å². The number of benzene rings is 4. The van der Waals surface area contributed by atoms with Crippen LogP contribution < -0.4 is 0 Å². The topological polar surface area (TPSA) is 26.0 Å². The van der Waals surface area contributed by atoms with Gasteiger partial charge in [-0.3, -0.25) is 0 Å². The van der Waals surface area contributed by atoms with E-state index in [9.17, 15) is 0 Å². The number of rotatable bonds is 0. The molecule has 5 rings (SSSR count). The standard InChI is InChI=1S/C14H10.C7H5NO/c1-3-7-13-11(5-1)9-10-12-6-2-4-8-14(12)13;1-2-4-7-6(3-1)8-5-9-7/h1-10H;1-5H. The van der Waals surface area contributed by atoms with Gasteiger partial charge in [0, 0.05) is 0 Å². The molecule has 0 aliphatic heterocycles. The monoisotopic (exact) mass is 297 g/mol. The number of oxazole rings is 1. The third-order valence-corrected chi connectivity index (χ3v) is 3.89. The van der Waals surface area contributed by atoms with E-state index in [2.05, 4.69) is 65.6 Å². The third-order valence-electron chi connectivity index (χ3n) is 3.89. The van der Waals surface area contributed by atoms with Crippen molar-refractivity contribution in [3.8, 4) is 0 Å². The molecule has 0 bridgehead atoms. The van der Waals surface area contributed by atoms with Crippen molar-refractivity contribution in [3.63, 3.8) is 0 Å². The van der Waals surface area contributed by atoms with Crippen molar-refractivity contribution >= 4 is 32.6 Å². The summed E-state index contributed by atoms with van der Waals surface area (Å²) in [6, 6.07) is 29.0. The number of fused-ring (bicyclic) bond motifs is 4. The minimum absolute atomic E-state index is 0.845. The summed E-state index contributed by atoms with van der Waals surface area (Å²) in [4.78, 5) is 3.95. The maximum Gasteiger partial charge on any atom is 0.181 e. The summed E-state index contributed by atoms with van der Waals surface area (Å²) in [5.74, 6) is 0. The van der Waals surface area contributed by atoms with Crippen LogP contribution in [0.4, 0.5) is 0 Å². The highest BCUT2D eigenvalue weighted by molar-refractivity contribution is 6.07. The highest BCUT2D eigenvalue weighted by Crippen LogP contribution is 2.24. The van der Waals surface area contributed by atoms with Gasteiger partial charge in [-0.15, -0.1) is 0 Å². The summed E-state index contributed by atoms with van der Waals surface area (Å²) in [6.45, 7) is 0. The smallest absolute Gasteiger partial charge is 0.181 e. The van der Waals surface area contributed by atoms with Gasteiger partial charge in [-0.2, -0.15) is 0 Å². The maximum atomic E-state index is 5.01. The van der Waals surface area contributed by atoms with Gasteiger partial charge in [-0.1, -0.05) is 72.8 Å². The summed E-state index contributed by atoms with van der Waals surface area (Å²) in [5, 5.41) is 5.30. The molecule has 0 radical (unpaired) electrons. The van der Waals surface area contributed by atoms with Crippen molar-refractivity contribution in [2.24, 2.45) is 0 Å². The lowest BCUT2D eigenvalue weighted by Gasteiger charge is -2.02. The molecule has 0 saturated heterocycles.